The highest BCUT2D eigenvalue weighted by Crippen LogP contribution is 2.35. The Labute approximate surface area is 259 Å². The number of hydrogen-bond donors (Lipinski definition) is 5. The van der Waals surface area contributed by atoms with Gasteiger partial charge in [0.1, 0.15) is 12.2 Å². The summed E-state index contributed by atoms with van der Waals surface area (Å²) < 4.78 is 10.2. The molecule has 3 atom stereocenters. The highest BCUT2D eigenvalue weighted by Gasteiger charge is 2.45. The van der Waals surface area contributed by atoms with Crippen molar-refractivity contribution in [2.75, 3.05) is 26.2 Å². The van der Waals surface area contributed by atoms with Crippen LogP contribution in [0.4, 0.5) is 0 Å². The lowest BCUT2D eigenvalue weighted by Crippen LogP contribution is -2.53. The van der Waals surface area contributed by atoms with Crippen molar-refractivity contribution < 1.29 is 34.3 Å². The molecule has 0 aromatic heterocycles. The van der Waals surface area contributed by atoms with Crippen molar-refractivity contribution in [3.05, 3.63) is 95.6 Å². The van der Waals surface area contributed by atoms with Gasteiger partial charge in [0.2, 0.25) is 5.60 Å². The largest absolute Gasteiger partial charge is 0.796 e. The molecule has 7 N–H and O–H groups in total. The van der Waals surface area contributed by atoms with E-state index < -0.39 is 26.2 Å². The van der Waals surface area contributed by atoms with E-state index in [4.69, 9.17) is 31.4 Å². The van der Waals surface area contributed by atoms with Crippen molar-refractivity contribution >= 4 is 14.5 Å². The van der Waals surface area contributed by atoms with E-state index in [0.717, 1.165) is 38.0 Å². The van der Waals surface area contributed by atoms with E-state index in [9.17, 15) is 14.8 Å². The zero-order valence-corrected chi connectivity index (χ0v) is 25.6. The number of phenolic OH excluding ortho intramolecular Hbond substituents is 2. The van der Waals surface area contributed by atoms with E-state index in [1.807, 2.05) is 36.4 Å². The number of rotatable bonds is 8. The summed E-state index contributed by atoms with van der Waals surface area (Å²) in [6.07, 6.45) is 2.03. The summed E-state index contributed by atoms with van der Waals surface area (Å²) in [7, 11) is -2.12. The second-order valence-corrected chi connectivity index (χ2v) is 11.3. The molecule has 3 saturated heterocycles. The SMILES string of the molecule is CC(C#N)OP(N)[O-].NCCc1ccc(O)c(O)c1.O=C(OC1CN2CCC1CC2)C(O)(c1ccccc1)c1ccccc1. The standard InChI is InChI=1S/C21H23NO3.C8H11NO2.C3H6N2O2P/c23-20(25-19-15-22-13-11-16(19)12-14-22)21(24,17-7-3-1-4-8-17)18-9-5-2-6-10-18;9-4-3-6-1-2-7(10)8(11)5-6;1-3(2-4)7-8(5)6/h1-10,16,19,24H,11-15H2;1-2,5,10-11H,3-4,9H2;3H,5H2,1H3/q;;-1. The number of benzene rings is 3. The predicted molar refractivity (Wildman–Crippen MR) is 165 cm³/mol. The highest BCUT2D eigenvalue weighted by molar-refractivity contribution is 7.41. The molecule has 44 heavy (non-hydrogen) atoms. The summed E-state index contributed by atoms with van der Waals surface area (Å²) in [5.74, 6) is -0.352. The summed E-state index contributed by atoms with van der Waals surface area (Å²) in [4.78, 5) is 25.4. The van der Waals surface area contributed by atoms with Gasteiger partial charge in [-0.3, -0.25) is 10.4 Å². The highest BCUT2D eigenvalue weighted by atomic mass is 31.2. The molecule has 0 amide bonds. The second-order valence-electron chi connectivity index (χ2n) is 10.5. The van der Waals surface area contributed by atoms with Gasteiger partial charge < -0.3 is 35.2 Å². The van der Waals surface area contributed by atoms with E-state index in [2.05, 4.69) is 9.42 Å². The summed E-state index contributed by atoms with van der Waals surface area (Å²) in [5.41, 5.74) is 10.2. The molecular formula is C32H40N4O7P-. The first kappa shape index (κ1) is 34.9. The van der Waals surface area contributed by atoms with Gasteiger partial charge in [-0.25, -0.2) is 4.79 Å². The number of nitrogens with two attached hydrogens (primary N) is 2. The van der Waals surface area contributed by atoms with Gasteiger partial charge in [0.05, 0.1) is 6.07 Å². The Hall–Kier alpha value is -3.59. The van der Waals surface area contributed by atoms with Crippen molar-refractivity contribution in [3.8, 4) is 17.6 Å². The number of phenols is 2. The maximum absolute atomic E-state index is 13.1. The van der Waals surface area contributed by atoms with Gasteiger partial charge in [0, 0.05) is 15.1 Å². The Kier molecular flexibility index (Phi) is 13.5. The van der Waals surface area contributed by atoms with Crippen molar-refractivity contribution in [3.63, 3.8) is 0 Å². The number of esters is 1. The minimum atomic E-state index is -2.12. The van der Waals surface area contributed by atoms with Crippen LogP contribution in [0.25, 0.3) is 0 Å². The van der Waals surface area contributed by atoms with Gasteiger partial charge in [0.15, 0.2) is 11.5 Å². The Bertz CT molecular complexity index is 1310. The molecule has 2 bridgehead atoms. The zero-order valence-electron chi connectivity index (χ0n) is 24.7. The lowest BCUT2D eigenvalue weighted by Gasteiger charge is -2.44. The molecule has 3 aliphatic rings. The average molecular weight is 624 g/mol. The van der Waals surface area contributed by atoms with E-state index in [0.29, 0.717) is 30.0 Å². The van der Waals surface area contributed by atoms with Crippen LogP contribution in [-0.2, 0) is 26.1 Å². The molecule has 236 valence electrons. The Morgan fingerprint density at radius 3 is 2.05 bits per heavy atom. The van der Waals surface area contributed by atoms with E-state index in [1.165, 1.54) is 19.1 Å². The Morgan fingerprint density at radius 2 is 1.64 bits per heavy atom. The van der Waals surface area contributed by atoms with Crippen LogP contribution in [0.1, 0.15) is 36.5 Å². The Balaban J connectivity index is 0.000000230. The third-order valence-electron chi connectivity index (χ3n) is 7.45. The quantitative estimate of drug-likeness (QED) is 0.140. The van der Waals surface area contributed by atoms with Gasteiger partial charge in [-0.2, -0.15) is 5.26 Å². The van der Waals surface area contributed by atoms with Crippen LogP contribution >= 0.6 is 8.53 Å². The van der Waals surface area contributed by atoms with Crippen molar-refractivity contribution in [1.29, 1.82) is 5.26 Å². The van der Waals surface area contributed by atoms with Gasteiger partial charge >= 0.3 is 5.97 Å². The van der Waals surface area contributed by atoms with E-state index >= 15 is 0 Å². The van der Waals surface area contributed by atoms with Crippen LogP contribution in [0.2, 0.25) is 0 Å². The molecule has 3 aliphatic heterocycles. The summed E-state index contributed by atoms with van der Waals surface area (Å²) >= 11 is 0. The zero-order chi connectivity index (χ0) is 32.1. The molecule has 11 nitrogen and oxygen atoms in total. The monoisotopic (exact) mass is 623 g/mol. The normalized spacial score (nSPS) is 20.0. The smallest absolute Gasteiger partial charge is 0.348 e. The molecule has 12 heteroatoms. The van der Waals surface area contributed by atoms with E-state index in [1.54, 1.807) is 36.4 Å². The molecule has 0 spiro atoms. The number of carbonyl (C=O) groups is 1. The molecule has 0 aliphatic carbocycles. The fourth-order valence-corrected chi connectivity index (χ4v) is 5.46. The van der Waals surface area contributed by atoms with Crippen LogP contribution in [-0.4, -0.2) is 64.6 Å². The fourth-order valence-electron chi connectivity index (χ4n) is 5.10. The molecule has 3 unspecified atom stereocenters. The number of nitriles is 1. The van der Waals surface area contributed by atoms with Crippen LogP contribution in [0, 0.1) is 17.2 Å². The molecule has 0 radical (unpaired) electrons. The predicted octanol–water partition coefficient (Wildman–Crippen LogP) is 2.62. The molecular weight excluding hydrogens is 583 g/mol. The fraction of sp³-hybridized carbons (Fsp3) is 0.375. The maximum atomic E-state index is 13.1. The number of aromatic hydroxyl groups is 2. The second kappa shape index (κ2) is 17.0. The molecule has 0 saturated carbocycles. The molecule has 3 aromatic carbocycles. The van der Waals surface area contributed by atoms with Crippen LogP contribution in [0.15, 0.2) is 78.9 Å². The number of aliphatic hydroxyl groups is 1. The lowest BCUT2D eigenvalue weighted by atomic mass is 9.84. The van der Waals surface area contributed by atoms with Crippen molar-refractivity contribution in [2.45, 2.75) is 44.0 Å². The topological polar surface area (TPSA) is 198 Å². The maximum Gasteiger partial charge on any atom is 0.348 e. The number of hydrogen-bond acceptors (Lipinski definition) is 11. The van der Waals surface area contributed by atoms with Crippen molar-refractivity contribution in [2.24, 2.45) is 17.2 Å². The summed E-state index contributed by atoms with van der Waals surface area (Å²) in [6, 6.07) is 24.5. The number of ether oxygens (including phenoxy) is 1. The molecule has 3 aromatic rings. The van der Waals surface area contributed by atoms with Gasteiger partial charge in [-0.1, -0.05) is 66.7 Å². The third kappa shape index (κ3) is 9.71. The molecule has 3 heterocycles. The molecule has 6 rings (SSSR count). The van der Waals surface area contributed by atoms with Gasteiger partial charge in [-0.05, 0) is 80.6 Å². The minimum Gasteiger partial charge on any atom is -0.796 e. The lowest BCUT2D eigenvalue weighted by molar-refractivity contribution is -0.182. The Morgan fingerprint density at radius 1 is 1.07 bits per heavy atom. The minimum absolute atomic E-state index is 0.0871. The van der Waals surface area contributed by atoms with Crippen LogP contribution in [0.3, 0.4) is 0 Å². The van der Waals surface area contributed by atoms with Crippen LogP contribution in [0.5, 0.6) is 11.5 Å². The van der Waals surface area contributed by atoms with Crippen LogP contribution < -0.4 is 16.1 Å². The first-order valence-electron chi connectivity index (χ1n) is 14.3. The third-order valence-corrected chi connectivity index (χ3v) is 7.97. The van der Waals surface area contributed by atoms with Gasteiger partial charge in [-0.15, -0.1) is 0 Å². The summed E-state index contributed by atoms with van der Waals surface area (Å²) in [5, 5.41) is 37.4. The average Bonchev–Trinajstić information content (AvgIpc) is 3.04. The van der Waals surface area contributed by atoms with E-state index in [-0.39, 0.29) is 17.6 Å². The molecule has 3 fully saturated rings. The number of piperidine rings is 3. The number of carbonyl (C=O) groups excluding carboxylic acids is 1. The first-order chi connectivity index (χ1) is 21.1. The summed E-state index contributed by atoms with van der Waals surface area (Å²) in [6.45, 7) is 4.96. The van der Waals surface area contributed by atoms with Gasteiger partial charge in [0.25, 0.3) is 0 Å². The van der Waals surface area contributed by atoms with Crippen molar-refractivity contribution in [1.82, 2.24) is 4.90 Å². The number of nitrogens with zero attached hydrogens (tertiary/aromatic N) is 2. The first-order valence-corrected chi connectivity index (χ1v) is 15.6. The number of fused-ring (bicyclic) bond motifs is 3.